The third-order valence-electron chi connectivity index (χ3n) is 2.77. The molecule has 2 aromatic rings. The summed E-state index contributed by atoms with van der Waals surface area (Å²) in [4.78, 5) is 0. The quantitative estimate of drug-likeness (QED) is 0.610. The number of allylic oxidation sites excluding steroid dienone is 1. The molecule has 0 heterocycles. The molecule has 0 bridgehead atoms. The van der Waals surface area contributed by atoms with Gasteiger partial charge in [-0.2, -0.15) is 0 Å². The molecule has 3 heteroatoms. The predicted octanol–water partition coefficient (Wildman–Crippen LogP) is 4.52. The first-order valence-electron chi connectivity index (χ1n) is 5.53. The molecule has 18 heavy (non-hydrogen) atoms. The monoisotopic (exact) mass is 409 g/mol. The Morgan fingerprint density at radius 3 is 2.06 bits per heavy atom. The molecule has 2 aromatic carbocycles. The van der Waals surface area contributed by atoms with Crippen molar-refractivity contribution >= 4 is 6.08 Å². The Kier molecular flexibility index (Phi) is 5.00. The van der Waals surface area contributed by atoms with Gasteiger partial charge in [0.1, 0.15) is 0 Å². The summed E-state index contributed by atoms with van der Waals surface area (Å²) < 4.78 is 19.6. The van der Waals surface area contributed by atoms with Gasteiger partial charge in [-0.25, -0.2) is 0 Å². The van der Waals surface area contributed by atoms with Gasteiger partial charge in [0, 0.05) is 0 Å². The van der Waals surface area contributed by atoms with E-state index in [0.29, 0.717) is 0 Å². The fourth-order valence-corrected chi connectivity index (χ4v) is 2.02. The molecule has 0 fully saturated rings. The van der Waals surface area contributed by atoms with Crippen LogP contribution in [-0.4, -0.2) is 0 Å². The molecule has 0 unspecified atom stereocenters. The van der Waals surface area contributed by atoms with Crippen LogP contribution in [0.3, 0.4) is 0 Å². The van der Waals surface area contributed by atoms with Crippen molar-refractivity contribution in [2.45, 2.75) is 0 Å². The van der Waals surface area contributed by atoms with E-state index in [4.69, 9.17) is 0 Å². The molecule has 0 atom stereocenters. The maximum atomic E-state index is 9.82. The summed E-state index contributed by atoms with van der Waals surface area (Å²) in [6.07, 6.45) is 4.37. The topological polar surface area (TPSA) is 0 Å². The number of benzene rings is 2. The molecule has 0 spiro atoms. The Bertz CT molecular complexity index is 523. The number of rotatable bonds is 1. The summed E-state index contributed by atoms with van der Waals surface area (Å²) in [5.41, 5.74) is 3.94. The van der Waals surface area contributed by atoms with Crippen LogP contribution in [0.1, 0.15) is 16.7 Å². The van der Waals surface area contributed by atoms with Crippen molar-refractivity contribution in [2.24, 2.45) is 0 Å². The van der Waals surface area contributed by atoms with E-state index in [-0.39, 0.29) is 0 Å². The van der Waals surface area contributed by atoms with E-state index in [0.717, 1.165) is 0 Å². The Labute approximate surface area is 118 Å². The first-order chi connectivity index (χ1) is 8.86. The number of hydrogen-bond donors (Lipinski definition) is 0. The molecule has 89 valence electrons. The minimum absolute atomic E-state index is 1.29. The van der Waals surface area contributed by atoms with E-state index in [1.54, 1.807) is 0 Å². The van der Waals surface area contributed by atoms with Crippen LogP contribution in [0.5, 0.6) is 0 Å². The van der Waals surface area contributed by atoms with Crippen molar-refractivity contribution in [3.05, 3.63) is 83.3 Å². The van der Waals surface area contributed by atoms with E-state index >= 15 is 0 Å². The first kappa shape index (κ1) is 13.3. The van der Waals surface area contributed by atoms with Crippen molar-refractivity contribution < 1.29 is 29.4 Å². The molecule has 1 radical (unpaired) electrons. The number of halogens is 2. The Balaban J connectivity index is 0.000000367. The third kappa shape index (κ3) is 3.02. The van der Waals surface area contributed by atoms with Crippen LogP contribution >= 0.6 is 0 Å². The van der Waals surface area contributed by atoms with Crippen molar-refractivity contribution in [3.63, 3.8) is 0 Å². The van der Waals surface area contributed by atoms with Gasteiger partial charge in [-0.1, -0.05) is 66.7 Å². The summed E-state index contributed by atoms with van der Waals surface area (Å²) in [6, 6.07) is 19.0. The molecule has 0 saturated carbocycles. The molecule has 0 saturated heterocycles. The Morgan fingerprint density at radius 2 is 1.33 bits per heavy atom. The first-order valence-corrected chi connectivity index (χ1v) is 8.24. The predicted molar refractivity (Wildman–Crippen MR) is 65.6 cm³/mol. The molecule has 0 nitrogen and oxygen atoms in total. The zero-order chi connectivity index (χ0) is 12.8. The molecule has 0 amide bonds. The van der Waals surface area contributed by atoms with Gasteiger partial charge in [-0.3, -0.25) is 0 Å². The van der Waals surface area contributed by atoms with Crippen LogP contribution in [0.15, 0.2) is 60.7 Å². The van der Waals surface area contributed by atoms with Gasteiger partial charge in [0.15, 0.2) is 0 Å². The van der Waals surface area contributed by atoms with Crippen LogP contribution < -0.4 is 0 Å². The molecule has 3 rings (SSSR count). The van der Waals surface area contributed by atoms with Crippen molar-refractivity contribution in [1.29, 1.82) is 0 Å². The standard InChI is InChI=1S/C15H11.2FH.Hf/c1-2-6-12(7-3-1)15-11-10-13-8-4-5-9-14(13)15;;;/h1-11H;2*1H;/q;;;+2/p-2. The number of hydrogen-bond acceptors (Lipinski definition) is 0. The molecule has 1 aliphatic carbocycles. The Hall–Kier alpha value is -1.09. The van der Waals surface area contributed by atoms with Crippen LogP contribution in [0.4, 0.5) is 5.33 Å². The SMILES string of the molecule is C1=Cc2ccccc2[C]1c1ccccc1.[F][Hf][F]. The maximum absolute atomic E-state index is 9.82. The summed E-state index contributed by atoms with van der Waals surface area (Å²) in [5.74, 6) is 1.33. The van der Waals surface area contributed by atoms with Gasteiger partial charge >= 0.3 is 29.4 Å². The second-order valence-electron chi connectivity index (χ2n) is 3.77. The molecule has 0 N–H and O–H groups in total. The van der Waals surface area contributed by atoms with Gasteiger partial charge in [-0.05, 0) is 16.7 Å². The van der Waals surface area contributed by atoms with Gasteiger partial charge < -0.3 is 0 Å². The third-order valence-corrected chi connectivity index (χ3v) is 2.77. The zero-order valence-corrected chi connectivity index (χ0v) is 13.2. The van der Waals surface area contributed by atoms with E-state index in [1.807, 2.05) is 0 Å². The fourth-order valence-electron chi connectivity index (χ4n) is 2.02. The summed E-state index contributed by atoms with van der Waals surface area (Å²) in [7, 11) is 0. The van der Waals surface area contributed by atoms with Crippen LogP contribution in [0.2, 0.25) is 0 Å². The van der Waals surface area contributed by atoms with Crippen LogP contribution in [0.25, 0.3) is 6.08 Å². The molecule has 0 aromatic heterocycles. The normalized spacial score (nSPS) is 12.6. The van der Waals surface area contributed by atoms with E-state index < -0.39 is 24.1 Å². The van der Waals surface area contributed by atoms with Gasteiger partial charge in [-0.15, -0.1) is 0 Å². The van der Waals surface area contributed by atoms with Crippen molar-refractivity contribution in [1.82, 2.24) is 0 Å². The van der Waals surface area contributed by atoms with Crippen LogP contribution in [-0.2, 0) is 24.1 Å². The van der Waals surface area contributed by atoms with Gasteiger partial charge in [0.2, 0.25) is 0 Å². The zero-order valence-electron chi connectivity index (χ0n) is 9.61. The van der Waals surface area contributed by atoms with E-state index in [2.05, 4.69) is 66.7 Å². The van der Waals surface area contributed by atoms with Crippen molar-refractivity contribution in [3.8, 4) is 0 Å². The Morgan fingerprint density at radius 1 is 0.722 bits per heavy atom. The summed E-state index contributed by atoms with van der Waals surface area (Å²) >= 11 is -2.92. The minimum atomic E-state index is -2.92. The van der Waals surface area contributed by atoms with E-state index in [1.165, 1.54) is 22.6 Å². The molecule has 0 aliphatic heterocycles. The summed E-state index contributed by atoms with van der Waals surface area (Å²) in [6.45, 7) is 0. The average molecular weight is 408 g/mol. The van der Waals surface area contributed by atoms with Gasteiger partial charge in [0.25, 0.3) is 0 Å². The number of fused-ring (bicyclic) bond motifs is 1. The second kappa shape index (κ2) is 6.74. The molecular weight excluding hydrogens is 397 g/mol. The molecular formula is C15H11F2Hf. The molecule has 1 aliphatic rings. The van der Waals surface area contributed by atoms with Crippen molar-refractivity contribution in [2.75, 3.05) is 0 Å². The van der Waals surface area contributed by atoms with Gasteiger partial charge in [0.05, 0.1) is 5.92 Å². The summed E-state index contributed by atoms with van der Waals surface area (Å²) in [5, 5.41) is 0. The fraction of sp³-hybridized carbons (Fsp3) is 0. The average Bonchev–Trinajstić information content (AvgIpc) is 2.84. The second-order valence-corrected chi connectivity index (χ2v) is 4.28. The van der Waals surface area contributed by atoms with E-state index in [9.17, 15) is 5.33 Å². The van der Waals surface area contributed by atoms with Crippen LogP contribution in [0, 0.1) is 5.92 Å².